The lowest BCUT2D eigenvalue weighted by molar-refractivity contribution is -0.155. The Labute approximate surface area is 123 Å². The molecule has 0 aliphatic carbocycles. The zero-order valence-corrected chi connectivity index (χ0v) is 13.7. The highest BCUT2D eigenvalue weighted by molar-refractivity contribution is 5.72. The molecule has 0 rings (SSSR count). The van der Waals surface area contributed by atoms with Crippen molar-refractivity contribution in [1.82, 2.24) is 0 Å². The van der Waals surface area contributed by atoms with E-state index in [1.165, 1.54) is 0 Å². The zero-order chi connectivity index (χ0) is 15.6. The highest BCUT2D eigenvalue weighted by atomic mass is 16.5. The monoisotopic (exact) mass is 286 g/mol. The van der Waals surface area contributed by atoms with Crippen LogP contribution < -0.4 is 0 Å². The van der Waals surface area contributed by atoms with E-state index in [2.05, 4.69) is 20.8 Å². The second-order valence-corrected chi connectivity index (χ2v) is 6.18. The first-order chi connectivity index (χ1) is 9.31. The van der Waals surface area contributed by atoms with Crippen molar-refractivity contribution in [2.45, 2.75) is 79.2 Å². The smallest absolute Gasteiger partial charge is 0.306 e. The first-order valence-electron chi connectivity index (χ1n) is 7.66. The second kappa shape index (κ2) is 9.78. The molecule has 0 aromatic rings. The van der Waals surface area contributed by atoms with E-state index >= 15 is 0 Å². The third-order valence-electron chi connectivity index (χ3n) is 3.13. The summed E-state index contributed by atoms with van der Waals surface area (Å²) in [7, 11) is 0. The van der Waals surface area contributed by atoms with Gasteiger partial charge in [-0.2, -0.15) is 0 Å². The predicted molar refractivity (Wildman–Crippen MR) is 79.3 cm³/mol. The Kier molecular flexibility index (Phi) is 9.26. The minimum Gasteiger partial charge on any atom is -0.466 e. The van der Waals surface area contributed by atoms with Crippen molar-refractivity contribution in [1.29, 1.82) is 0 Å². The van der Waals surface area contributed by atoms with Gasteiger partial charge in [0.1, 0.15) is 6.10 Å². The highest BCUT2D eigenvalue weighted by Gasteiger charge is 2.26. The van der Waals surface area contributed by atoms with Crippen molar-refractivity contribution in [2.24, 2.45) is 5.41 Å². The van der Waals surface area contributed by atoms with Crippen molar-refractivity contribution < 1.29 is 19.1 Å². The predicted octanol–water partition coefficient (Wildman–Crippen LogP) is 3.87. The molecule has 0 saturated carbocycles. The molecule has 0 aliphatic rings. The average Bonchev–Trinajstić information content (AvgIpc) is 2.35. The van der Waals surface area contributed by atoms with E-state index in [0.29, 0.717) is 13.0 Å². The molecule has 0 aromatic carbocycles. The van der Waals surface area contributed by atoms with Gasteiger partial charge < -0.3 is 9.47 Å². The SMILES string of the molecule is CCCCOC(=O)CCCC(=O)OC(CC)C(C)(C)C. The van der Waals surface area contributed by atoms with Gasteiger partial charge >= 0.3 is 11.9 Å². The fraction of sp³-hybridized carbons (Fsp3) is 0.875. The molecule has 0 spiro atoms. The maximum atomic E-state index is 11.7. The standard InChI is InChI=1S/C16H30O4/c1-6-8-12-19-14(17)10-9-11-15(18)20-13(7-2)16(3,4)5/h13H,6-12H2,1-5H3. The number of carbonyl (C=O) groups is 2. The molecule has 0 fully saturated rings. The molecular formula is C16H30O4. The van der Waals surface area contributed by atoms with Crippen molar-refractivity contribution in [3.8, 4) is 0 Å². The molecule has 0 heterocycles. The molecule has 0 amide bonds. The van der Waals surface area contributed by atoms with Crippen LogP contribution in [0.2, 0.25) is 0 Å². The van der Waals surface area contributed by atoms with Gasteiger partial charge in [0, 0.05) is 12.8 Å². The van der Waals surface area contributed by atoms with Crippen molar-refractivity contribution in [3.63, 3.8) is 0 Å². The van der Waals surface area contributed by atoms with E-state index in [4.69, 9.17) is 9.47 Å². The maximum Gasteiger partial charge on any atom is 0.306 e. The van der Waals surface area contributed by atoms with Gasteiger partial charge in [0.2, 0.25) is 0 Å². The van der Waals surface area contributed by atoms with E-state index in [0.717, 1.165) is 19.3 Å². The third-order valence-corrected chi connectivity index (χ3v) is 3.13. The van der Waals surface area contributed by atoms with Gasteiger partial charge in [-0.15, -0.1) is 0 Å². The highest BCUT2D eigenvalue weighted by Crippen LogP contribution is 2.25. The summed E-state index contributed by atoms with van der Waals surface area (Å²) < 4.78 is 10.5. The summed E-state index contributed by atoms with van der Waals surface area (Å²) in [6.07, 6.45) is 3.66. The molecule has 0 N–H and O–H groups in total. The van der Waals surface area contributed by atoms with Crippen LogP contribution in [0.3, 0.4) is 0 Å². The first kappa shape index (κ1) is 18.9. The minimum absolute atomic E-state index is 0.0521. The van der Waals surface area contributed by atoms with Crippen molar-refractivity contribution in [3.05, 3.63) is 0 Å². The number of hydrogen-bond donors (Lipinski definition) is 0. The van der Waals surface area contributed by atoms with Gasteiger partial charge in [-0.25, -0.2) is 0 Å². The summed E-state index contributed by atoms with van der Waals surface area (Å²) >= 11 is 0. The van der Waals surface area contributed by atoms with Gasteiger partial charge in [0.25, 0.3) is 0 Å². The number of unbranched alkanes of at least 4 members (excludes halogenated alkanes) is 1. The number of rotatable bonds is 9. The summed E-state index contributed by atoms with van der Waals surface area (Å²) in [6.45, 7) is 10.7. The van der Waals surface area contributed by atoms with Crippen LogP contribution in [0, 0.1) is 5.41 Å². The largest absolute Gasteiger partial charge is 0.466 e. The van der Waals surface area contributed by atoms with E-state index in [9.17, 15) is 9.59 Å². The number of carbonyl (C=O) groups excluding carboxylic acids is 2. The van der Waals surface area contributed by atoms with Crippen LogP contribution in [0.5, 0.6) is 0 Å². The molecular weight excluding hydrogens is 256 g/mol. The van der Waals surface area contributed by atoms with Crippen LogP contribution in [0.1, 0.15) is 73.1 Å². The lowest BCUT2D eigenvalue weighted by atomic mass is 9.87. The second-order valence-electron chi connectivity index (χ2n) is 6.18. The van der Waals surface area contributed by atoms with Crippen molar-refractivity contribution >= 4 is 11.9 Å². The Hall–Kier alpha value is -1.06. The molecule has 0 aromatic heterocycles. The first-order valence-corrected chi connectivity index (χ1v) is 7.66. The Bertz CT molecular complexity index is 291. The number of ether oxygens (including phenoxy) is 2. The summed E-state index contributed by atoms with van der Waals surface area (Å²) in [5, 5.41) is 0. The molecule has 0 bridgehead atoms. The third kappa shape index (κ3) is 8.94. The molecule has 0 radical (unpaired) electrons. The molecule has 118 valence electrons. The molecule has 1 atom stereocenters. The maximum absolute atomic E-state index is 11.7. The molecule has 4 heteroatoms. The minimum atomic E-state index is -0.229. The van der Waals surface area contributed by atoms with Crippen LogP contribution in [0.15, 0.2) is 0 Å². The van der Waals surface area contributed by atoms with E-state index in [1.54, 1.807) is 0 Å². The molecule has 20 heavy (non-hydrogen) atoms. The van der Waals surface area contributed by atoms with Gasteiger partial charge in [-0.05, 0) is 24.7 Å². The van der Waals surface area contributed by atoms with Crippen LogP contribution in [-0.2, 0) is 19.1 Å². The van der Waals surface area contributed by atoms with Gasteiger partial charge in [0.15, 0.2) is 0 Å². The van der Waals surface area contributed by atoms with E-state index < -0.39 is 0 Å². The summed E-state index contributed by atoms with van der Waals surface area (Å²) in [4.78, 5) is 23.1. The fourth-order valence-corrected chi connectivity index (χ4v) is 1.87. The Balaban J connectivity index is 3.85. The van der Waals surface area contributed by atoms with Gasteiger partial charge in [0.05, 0.1) is 6.61 Å². The lowest BCUT2D eigenvalue weighted by Crippen LogP contribution is -2.31. The summed E-state index contributed by atoms with van der Waals surface area (Å²) in [6, 6.07) is 0. The van der Waals surface area contributed by atoms with Crippen LogP contribution >= 0.6 is 0 Å². The quantitative estimate of drug-likeness (QED) is 0.477. The fourth-order valence-electron chi connectivity index (χ4n) is 1.87. The lowest BCUT2D eigenvalue weighted by Gasteiger charge is -2.29. The normalized spacial score (nSPS) is 12.8. The Morgan fingerprint density at radius 2 is 1.60 bits per heavy atom. The molecule has 1 unspecified atom stereocenters. The zero-order valence-electron chi connectivity index (χ0n) is 13.7. The Morgan fingerprint density at radius 3 is 2.10 bits per heavy atom. The van der Waals surface area contributed by atoms with Crippen molar-refractivity contribution in [2.75, 3.05) is 6.61 Å². The number of hydrogen-bond acceptors (Lipinski definition) is 4. The van der Waals surface area contributed by atoms with Crippen LogP contribution in [0.4, 0.5) is 0 Å². The summed E-state index contributed by atoms with van der Waals surface area (Å²) in [5.74, 6) is -0.456. The van der Waals surface area contributed by atoms with Crippen LogP contribution in [-0.4, -0.2) is 24.6 Å². The van der Waals surface area contributed by atoms with Crippen LogP contribution in [0.25, 0.3) is 0 Å². The molecule has 4 nitrogen and oxygen atoms in total. The van der Waals surface area contributed by atoms with E-state index in [1.807, 2.05) is 13.8 Å². The topological polar surface area (TPSA) is 52.6 Å². The average molecular weight is 286 g/mol. The molecule has 0 saturated heterocycles. The van der Waals surface area contributed by atoms with Gasteiger partial charge in [-0.1, -0.05) is 41.0 Å². The Morgan fingerprint density at radius 1 is 1.00 bits per heavy atom. The number of esters is 2. The van der Waals surface area contributed by atoms with E-state index in [-0.39, 0.29) is 36.3 Å². The molecule has 0 aliphatic heterocycles. The summed E-state index contributed by atoms with van der Waals surface area (Å²) in [5.41, 5.74) is -0.0521. The van der Waals surface area contributed by atoms with Gasteiger partial charge in [-0.3, -0.25) is 9.59 Å².